The van der Waals surface area contributed by atoms with Gasteiger partial charge in [-0.2, -0.15) is 0 Å². The first-order valence-electron chi connectivity index (χ1n) is 7.60. The summed E-state index contributed by atoms with van der Waals surface area (Å²) in [5.41, 5.74) is 1.38. The molecule has 0 saturated heterocycles. The second-order valence-corrected chi connectivity index (χ2v) is 7.47. The Morgan fingerprint density at radius 3 is 2.26 bits per heavy atom. The quantitative estimate of drug-likeness (QED) is 0.880. The van der Waals surface area contributed by atoms with Crippen LogP contribution in [0.2, 0.25) is 0 Å². The van der Waals surface area contributed by atoms with Gasteiger partial charge in [0, 0.05) is 12.0 Å². The fraction of sp³-hybridized carbons (Fsp3) is 0.278. The van der Waals surface area contributed by atoms with E-state index < -0.39 is 15.9 Å². The Kier molecular flexibility index (Phi) is 5.55. The van der Waals surface area contributed by atoms with E-state index in [1.54, 1.807) is 18.2 Å². The number of hydrogen-bond acceptors (Lipinski definition) is 3. The second kappa shape index (κ2) is 7.42. The van der Waals surface area contributed by atoms with E-state index in [0.717, 1.165) is 5.56 Å². The van der Waals surface area contributed by atoms with Crippen LogP contribution in [0.25, 0.3) is 11.1 Å². The molecule has 2 aromatic carbocycles. The van der Waals surface area contributed by atoms with E-state index in [4.69, 9.17) is 0 Å². The van der Waals surface area contributed by atoms with Crippen molar-refractivity contribution in [1.29, 1.82) is 0 Å². The molecular formula is C18H21NO3S. The number of hydrogen-bond donors (Lipinski definition) is 1. The first-order valence-corrected chi connectivity index (χ1v) is 9.08. The minimum atomic E-state index is -3.89. The van der Waals surface area contributed by atoms with Crippen LogP contribution in [0.1, 0.15) is 26.7 Å². The smallest absolute Gasteiger partial charge is 0.264 e. The molecule has 0 aliphatic rings. The number of benzene rings is 2. The monoisotopic (exact) mass is 331 g/mol. The zero-order valence-corrected chi connectivity index (χ0v) is 14.1. The third kappa shape index (κ3) is 4.66. The van der Waals surface area contributed by atoms with Crippen molar-refractivity contribution in [2.24, 2.45) is 5.92 Å². The maximum absolute atomic E-state index is 12.5. The SMILES string of the molecule is CC(C)CCC(=O)NS(=O)(=O)c1ccccc1-c1ccccc1. The Balaban J connectivity index is 2.29. The molecule has 0 unspecified atom stereocenters. The van der Waals surface area contributed by atoms with Gasteiger partial charge in [-0.05, 0) is 24.0 Å². The van der Waals surface area contributed by atoms with Gasteiger partial charge < -0.3 is 0 Å². The van der Waals surface area contributed by atoms with Gasteiger partial charge in [0.05, 0.1) is 4.90 Å². The van der Waals surface area contributed by atoms with E-state index in [0.29, 0.717) is 17.9 Å². The van der Waals surface area contributed by atoms with Crippen LogP contribution in [0.4, 0.5) is 0 Å². The van der Waals surface area contributed by atoms with Crippen molar-refractivity contribution in [3.63, 3.8) is 0 Å². The van der Waals surface area contributed by atoms with Gasteiger partial charge in [0.25, 0.3) is 10.0 Å². The molecule has 0 aliphatic heterocycles. The Bertz CT molecular complexity index is 768. The number of carbonyl (C=O) groups is 1. The highest BCUT2D eigenvalue weighted by Crippen LogP contribution is 2.26. The highest BCUT2D eigenvalue weighted by Gasteiger charge is 2.21. The van der Waals surface area contributed by atoms with Gasteiger partial charge in [0.15, 0.2) is 0 Å². The summed E-state index contributed by atoms with van der Waals surface area (Å²) >= 11 is 0. The molecule has 4 nitrogen and oxygen atoms in total. The molecule has 0 heterocycles. The topological polar surface area (TPSA) is 63.2 Å². The summed E-state index contributed by atoms with van der Waals surface area (Å²) in [5.74, 6) is -0.123. The van der Waals surface area contributed by atoms with Crippen molar-refractivity contribution in [1.82, 2.24) is 4.72 Å². The zero-order valence-electron chi connectivity index (χ0n) is 13.3. The van der Waals surface area contributed by atoms with Crippen LogP contribution < -0.4 is 4.72 Å². The Morgan fingerprint density at radius 1 is 1.00 bits per heavy atom. The highest BCUT2D eigenvalue weighted by atomic mass is 32.2. The number of rotatable bonds is 6. The highest BCUT2D eigenvalue weighted by molar-refractivity contribution is 7.90. The minimum absolute atomic E-state index is 0.115. The lowest BCUT2D eigenvalue weighted by Crippen LogP contribution is -2.30. The van der Waals surface area contributed by atoms with Gasteiger partial charge in [-0.25, -0.2) is 13.1 Å². The summed E-state index contributed by atoms with van der Waals surface area (Å²) < 4.78 is 27.3. The van der Waals surface area contributed by atoms with Gasteiger partial charge in [0.1, 0.15) is 0 Å². The Morgan fingerprint density at radius 2 is 1.61 bits per heavy atom. The third-order valence-corrected chi connectivity index (χ3v) is 4.89. The fourth-order valence-corrected chi connectivity index (χ4v) is 3.48. The van der Waals surface area contributed by atoms with Gasteiger partial charge in [-0.1, -0.05) is 62.4 Å². The lowest BCUT2D eigenvalue weighted by molar-refractivity contribution is -0.119. The molecule has 1 N–H and O–H groups in total. The lowest BCUT2D eigenvalue weighted by Gasteiger charge is -2.12. The summed E-state index contributed by atoms with van der Waals surface area (Å²) in [6, 6.07) is 15.9. The second-order valence-electron chi connectivity index (χ2n) is 5.82. The predicted molar refractivity (Wildman–Crippen MR) is 91.3 cm³/mol. The molecule has 0 saturated carbocycles. The summed E-state index contributed by atoms with van der Waals surface area (Å²) in [6.45, 7) is 3.99. The minimum Gasteiger partial charge on any atom is -0.274 e. The van der Waals surface area contributed by atoms with Crippen LogP contribution in [0.5, 0.6) is 0 Å². The van der Waals surface area contributed by atoms with Crippen molar-refractivity contribution in [2.45, 2.75) is 31.6 Å². The number of amides is 1. The molecule has 0 fully saturated rings. The molecule has 0 radical (unpaired) electrons. The number of nitrogens with one attached hydrogen (secondary N) is 1. The lowest BCUT2D eigenvalue weighted by atomic mass is 10.1. The molecular weight excluding hydrogens is 310 g/mol. The summed E-state index contributed by atoms with van der Waals surface area (Å²) in [5, 5.41) is 0. The fourth-order valence-electron chi connectivity index (χ4n) is 2.23. The summed E-state index contributed by atoms with van der Waals surface area (Å²) in [6.07, 6.45) is 0.853. The van der Waals surface area contributed by atoms with E-state index >= 15 is 0 Å². The Hall–Kier alpha value is -2.14. The largest absolute Gasteiger partial charge is 0.274 e. The van der Waals surface area contributed by atoms with Crippen molar-refractivity contribution < 1.29 is 13.2 Å². The molecule has 23 heavy (non-hydrogen) atoms. The molecule has 2 aromatic rings. The van der Waals surface area contributed by atoms with Crippen LogP contribution in [-0.4, -0.2) is 14.3 Å². The van der Waals surface area contributed by atoms with Crippen LogP contribution >= 0.6 is 0 Å². The molecule has 122 valence electrons. The summed E-state index contributed by atoms with van der Waals surface area (Å²) in [7, 11) is -3.89. The first kappa shape index (κ1) is 17.2. The average Bonchev–Trinajstić information content (AvgIpc) is 2.53. The van der Waals surface area contributed by atoms with Crippen LogP contribution in [0.3, 0.4) is 0 Å². The van der Waals surface area contributed by atoms with Crippen molar-refractivity contribution in [3.8, 4) is 11.1 Å². The third-order valence-electron chi connectivity index (χ3n) is 3.46. The van der Waals surface area contributed by atoms with Crippen molar-refractivity contribution >= 4 is 15.9 Å². The van der Waals surface area contributed by atoms with Crippen LogP contribution in [0, 0.1) is 5.92 Å². The average molecular weight is 331 g/mol. The standard InChI is InChI=1S/C18H21NO3S/c1-14(2)12-13-18(20)19-23(21,22)17-11-7-6-10-16(17)15-8-4-3-5-9-15/h3-11,14H,12-13H2,1-2H3,(H,19,20). The van der Waals surface area contributed by atoms with E-state index in [9.17, 15) is 13.2 Å². The van der Waals surface area contributed by atoms with Crippen molar-refractivity contribution in [2.75, 3.05) is 0 Å². The van der Waals surface area contributed by atoms with Gasteiger partial charge in [-0.3, -0.25) is 4.79 Å². The zero-order chi connectivity index (χ0) is 16.9. The van der Waals surface area contributed by atoms with E-state index in [1.165, 1.54) is 6.07 Å². The molecule has 2 rings (SSSR count). The number of carbonyl (C=O) groups excluding carboxylic acids is 1. The van der Waals surface area contributed by atoms with Gasteiger partial charge in [-0.15, -0.1) is 0 Å². The maximum Gasteiger partial charge on any atom is 0.264 e. The van der Waals surface area contributed by atoms with E-state index in [2.05, 4.69) is 4.72 Å². The molecule has 0 spiro atoms. The first-order chi connectivity index (χ1) is 10.9. The van der Waals surface area contributed by atoms with E-state index in [1.807, 2.05) is 44.2 Å². The van der Waals surface area contributed by atoms with E-state index in [-0.39, 0.29) is 11.3 Å². The molecule has 0 bridgehead atoms. The van der Waals surface area contributed by atoms with Gasteiger partial charge >= 0.3 is 0 Å². The normalized spacial score (nSPS) is 11.4. The molecule has 0 aromatic heterocycles. The predicted octanol–water partition coefficient (Wildman–Crippen LogP) is 3.59. The molecule has 1 amide bonds. The Labute approximate surface area is 137 Å². The summed E-state index contributed by atoms with van der Waals surface area (Å²) in [4.78, 5) is 12.0. The van der Waals surface area contributed by atoms with Crippen molar-refractivity contribution in [3.05, 3.63) is 54.6 Å². The molecule has 5 heteroatoms. The van der Waals surface area contributed by atoms with Crippen LogP contribution in [0.15, 0.2) is 59.5 Å². The van der Waals surface area contributed by atoms with Gasteiger partial charge in [0.2, 0.25) is 5.91 Å². The maximum atomic E-state index is 12.5. The number of sulfonamides is 1. The molecule has 0 atom stereocenters. The molecule has 0 aliphatic carbocycles. The van der Waals surface area contributed by atoms with Crippen LogP contribution in [-0.2, 0) is 14.8 Å².